The van der Waals surface area contributed by atoms with Crippen molar-refractivity contribution in [3.63, 3.8) is 0 Å². The van der Waals surface area contributed by atoms with Crippen LogP contribution in [0.25, 0.3) is 10.6 Å². The van der Waals surface area contributed by atoms with Gasteiger partial charge in [-0.1, -0.05) is 12.1 Å². The molecule has 1 nitrogen and oxygen atoms in total. The average molecular weight is 292 g/mol. The zero-order valence-electron chi connectivity index (χ0n) is 9.38. The maximum Gasteiger partial charge on any atom is 0.416 e. The average Bonchev–Trinajstić information content (AvgIpc) is 2.70. The van der Waals surface area contributed by atoms with Crippen molar-refractivity contribution in [2.75, 3.05) is 0 Å². The minimum Gasteiger partial charge on any atom is -0.241 e. The number of benzene rings is 1. The van der Waals surface area contributed by atoms with E-state index in [4.69, 9.17) is 11.6 Å². The molecule has 0 amide bonds. The third kappa shape index (κ3) is 2.67. The molecule has 0 saturated carbocycles. The molecule has 6 heteroatoms. The highest BCUT2D eigenvalue weighted by Gasteiger charge is 2.30. The highest BCUT2D eigenvalue weighted by atomic mass is 35.5. The van der Waals surface area contributed by atoms with E-state index in [9.17, 15) is 13.2 Å². The maximum absolute atomic E-state index is 12.6. The summed E-state index contributed by atoms with van der Waals surface area (Å²) in [4.78, 5) is 5.12. The van der Waals surface area contributed by atoms with E-state index >= 15 is 0 Å². The number of nitrogens with zero attached hydrogens (tertiary/aromatic N) is 1. The lowest BCUT2D eigenvalue weighted by Gasteiger charge is -2.07. The van der Waals surface area contributed by atoms with Crippen molar-refractivity contribution in [2.24, 2.45) is 0 Å². The SMILES string of the molecule is Cc1nc(-c2cccc(C(F)(F)F)c2)sc1CCl. The first-order valence-corrected chi connectivity index (χ1v) is 6.47. The van der Waals surface area contributed by atoms with Gasteiger partial charge in [0.25, 0.3) is 0 Å². The van der Waals surface area contributed by atoms with Gasteiger partial charge >= 0.3 is 6.18 Å². The van der Waals surface area contributed by atoms with E-state index in [0.29, 0.717) is 16.5 Å². The molecule has 0 fully saturated rings. The zero-order valence-corrected chi connectivity index (χ0v) is 11.0. The Morgan fingerprint density at radius 3 is 2.61 bits per heavy atom. The lowest BCUT2D eigenvalue weighted by atomic mass is 10.1. The molecule has 1 aromatic carbocycles. The Labute approximate surface area is 111 Å². The predicted molar refractivity (Wildman–Crippen MR) is 66.8 cm³/mol. The van der Waals surface area contributed by atoms with Gasteiger partial charge in [-0.3, -0.25) is 0 Å². The van der Waals surface area contributed by atoms with Crippen LogP contribution in [-0.4, -0.2) is 4.98 Å². The largest absolute Gasteiger partial charge is 0.416 e. The molecule has 0 spiro atoms. The van der Waals surface area contributed by atoms with E-state index < -0.39 is 11.7 Å². The van der Waals surface area contributed by atoms with E-state index in [1.165, 1.54) is 17.4 Å². The van der Waals surface area contributed by atoms with E-state index in [0.717, 1.165) is 22.7 Å². The molecule has 0 atom stereocenters. The zero-order chi connectivity index (χ0) is 13.3. The second-order valence-electron chi connectivity index (χ2n) is 3.74. The molecule has 0 bridgehead atoms. The molecule has 96 valence electrons. The van der Waals surface area contributed by atoms with Crippen LogP contribution in [0.3, 0.4) is 0 Å². The Kier molecular flexibility index (Phi) is 3.64. The van der Waals surface area contributed by atoms with Crippen LogP contribution in [0.2, 0.25) is 0 Å². The van der Waals surface area contributed by atoms with Crippen molar-refractivity contribution in [3.05, 3.63) is 40.4 Å². The fourth-order valence-corrected chi connectivity index (χ4v) is 2.77. The fraction of sp³-hybridized carbons (Fsp3) is 0.250. The summed E-state index contributed by atoms with van der Waals surface area (Å²) in [6.45, 7) is 1.80. The molecule has 0 aliphatic rings. The van der Waals surface area contributed by atoms with Gasteiger partial charge in [-0.25, -0.2) is 4.98 Å². The van der Waals surface area contributed by atoms with Crippen molar-refractivity contribution in [3.8, 4) is 10.6 Å². The van der Waals surface area contributed by atoms with Crippen LogP contribution in [0.5, 0.6) is 0 Å². The highest BCUT2D eigenvalue weighted by molar-refractivity contribution is 7.15. The van der Waals surface area contributed by atoms with Gasteiger partial charge < -0.3 is 0 Å². The standard InChI is InChI=1S/C12H9ClF3NS/c1-7-10(6-13)18-11(17-7)8-3-2-4-9(5-8)12(14,15)16/h2-5H,6H2,1H3. The first kappa shape index (κ1) is 13.4. The molecule has 0 N–H and O–H groups in total. The van der Waals surface area contributed by atoms with Crippen LogP contribution < -0.4 is 0 Å². The van der Waals surface area contributed by atoms with Gasteiger partial charge in [0, 0.05) is 10.4 Å². The third-order valence-electron chi connectivity index (χ3n) is 2.45. The number of hydrogen-bond acceptors (Lipinski definition) is 2. The Morgan fingerprint density at radius 2 is 2.06 bits per heavy atom. The predicted octanol–water partition coefficient (Wildman–Crippen LogP) is 4.88. The van der Waals surface area contributed by atoms with Gasteiger partial charge in [0.1, 0.15) is 5.01 Å². The van der Waals surface area contributed by atoms with Crippen LogP contribution in [0.1, 0.15) is 16.1 Å². The second-order valence-corrected chi connectivity index (χ2v) is 5.09. The number of halogens is 4. The minimum atomic E-state index is -4.34. The normalized spacial score (nSPS) is 11.8. The minimum absolute atomic E-state index is 0.322. The molecule has 2 aromatic rings. The quantitative estimate of drug-likeness (QED) is 0.719. The first-order valence-electron chi connectivity index (χ1n) is 5.11. The number of alkyl halides is 4. The molecule has 1 aromatic heterocycles. The van der Waals surface area contributed by atoms with Gasteiger partial charge in [-0.05, 0) is 19.1 Å². The third-order valence-corrected chi connectivity index (χ3v) is 4.08. The number of aromatic nitrogens is 1. The van der Waals surface area contributed by atoms with Gasteiger partial charge in [-0.15, -0.1) is 22.9 Å². The van der Waals surface area contributed by atoms with Gasteiger partial charge in [0.15, 0.2) is 0 Å². The van der Waals surface area contributed by atoms with Crippen molar-refractivity contribution >= 4 is 22.9 Å². The van der Waals surface area contributed by atoms with Crippen LogP contribution in [0.15, 0.2) is 24.3 Å². The summed E-state index contributed by atoms with van der Waals surface area (Å²) in [5.41, 5.74) is 0.567. The van der Waals surface area contributed by atoms with E-state index in [1.54, 1.807) is 13.0 Å². The molecule has 0 radical (unpaired) electrons. The number of thiazole rings is 1. The van der Waals surface area contributed by atoms with E-state index in [1.807, 2.05) is 0 Å². The topological polar surface area (TPSA) is 12.9 Å². The summed E-state index contributed by atoms with van der Waals surface area (Å²) in [6, 6.07) is 5.16. The van der Waals surface area contributed by atoms with Crippen LogP contribution in [0, 0.1) is 6.92 Å². The Hall–Kier alpha value is -1.07. The van der Waals surface area contributed by atoms with E-state index in [2.05, 4.69) is 4.98 Å². The highest BCUT2D eigenvalue weighted by Crippen LogP contribution is 2.34. The van der Waals surface area contributed by atoms with Crippen LogP contribution in [-0.2, 0) is 12.1 Å². The van der Waals surface area contributed by atoms with Crippen molar-refractivity contribution in [2.45, 2.75) is 19.0 Å². The van der Waals surface area contributed by atoms with Gasteiger partial charge in [-0.2, -0.15) is 13.2 Å². The summed E-state index contributed by atoms with van der Waals surface area (Å²) in [5.74, 6) is 0.322. The van der Waals surface area contributed by atoms with Crippen LogP contribution >= 0.6 is 22.9 Å². The fourth-order valence-electron chi connectivity index (χ4n) is 1.50. The Bertz CT molecular complexity index is 563. The monoisotopic (exact) mass is 291 g/mol. The van der Waals surface area contributed by atoms with Crippen LogP contribution in [0.4, 0.5) is 13.2 Å². The molecule has 0 unspecified atom stereocenters. The molecule has 0 saturated heterocycles. The molecular formula is C12H9ClF3NS. The Morgan fingerprint density at radius 1 is 1.33 bits per heavy atom. The molecular weight excluding hydrogens is 283 g/mol. The number of hydrogen-bond donors (Lipinski definition) is 0. The van der Waals surface area contributed by atoms with Crippen molar-refractivity contribution in [1.29, 1.82) is 0 Å². The molecule has 0 aliphatic carbocycles. The van der Waals surface area contributed by atoms with E-state index in [-0.39, 0.29) is 0 Å². The summed E-state index contributed by atoms with van der Waals surface area (Å²) < 4.78 is 37.8. The van der Waals surface area contributed by atoms with Crippen molar-refractivity contribution in [1.82, 2.24) is 4.98 Å². The summed E-state index contributed by atoms with van der Waals surface area (Å²) in [6.07, 6.45) is -4.34. The lowest BCUT2D eigenvalue weighted by Crippen LogP contribution is -2.04. The Balaban J connectivity index is 2.44. The van der Waals surface area contributed by atoms with Crippen molar-refractivity contribution < 1.29 is 13.2 Å². The summed E-state index contributed by atoms with van der Waals surface area (Å²) in [7, 11) is 0. The molecule has 18 heavy (non-hydrogen) atoms. The smallest absolute Gasteiger partial charge is 0.241 e. The first-order chi connectivity index (χ1) is 8.41. The molecule has 1 heterocycles. The van der Waals surface area contributed by atoms with Gasteiger partial charge in [0.2, 0.25) is 0 Å². The summed E-state index contributed by atoms with van der Waals surface area (Å²) in [5, 5.41) is 0.564. The summed E-state index contributed by atoms with van der Waals surface area (Å²) >= 11 is 7.05. The second kappa shape index (κ2) is 4.90. The number of aryl methyl sites for hydroxylation is 1. The lowest BCUT2D eigenvalue weighted by molar-refractivity contribution is -0.137. The maximum atomic E-state index is 12.6. The number of rotatable bonds is 2. The molecule has 0 aliphatic heterocycles. The van der Waals surface area contributed by atoms with Gasteiger partial charge in [0.05, 0.1) is 17.1 Å². The molecule has 2 rings (SSSR count).